The van der Waals surface area contributed by atoms with Crippen molar-refractivity contribution in [3.8, 4) is 0 Å². The van der Waals surface area contributed by atoms with Crippen LogP contribution in [0.2, 0.25) is 0 Å². The molecule has 0 saturated carbocycles. The van der Waals surface area contributed by atoms with Crippen molar-refractivity contribution in [1.82, 2.24) is 10.2 Å². The third kappa shape index (κ3) is 2.60. The van der Waals surface area contributed by atoms with Crippen molar-refractivity contribution >= 4 is 27.7 Å². The minimum Gasteiger partial charge on any atom is -0.390 e. The molecular formula is C24H25BrN2O3. The topological polar surface area (TPSA) is 69.6 Å². The molecule has 6 rings (SSSR count). The summed E-state index contributed by atoms with van der Waals surface area (Å²) in [6.45, 7) is 4.35. The molecule has 2 aromatic rings. The first-order chi connectivity index (χ1) is 14.4. The molecule has 2 aromatic carbocycles. The van der Waals surface area contributed by atoms with E-state index in [4.69, 9.17) is 0 Å². The van der Waals surface area contributed by atoms with E-state index < -0.39 is 22.3 Å². The Labute approximate surface area is 184 Å². The molecule has 1 saturated heterocycles. The van der Waals surface area contributed by atoms with E-state index in [1.165, 1.54) is 4.90 Å². The van der Waals surface area contributed by atoms with Crippen LogP contribution >= 0.6 is 15.9 Å². The molecule has 0 spiro atoms. The molecule has 3 unspecified atom stereocenters. The molecular weight excluding hydrogens is 444 g/mol. The zero-order valence-electron chi connectivity index (χ0n) is 17.0. The standard InChI is InChI=1S/C24H25BrN2O3/c1-13(2)26-11-14(28)12-27-22(29)20-19-15-7-3-5-9-17(15)24(25,21(20)23(27)30)18-10-6-4-8-16(18)19/h3-10,13-14,19-21,26,28H,11-12H2,1-2H3. The molecule has 4 aliphatic rings. The third-order valence-corrected chi connectivity index (χ3v) is 8.11. The number of alkyl halides is 1. The SMILES string of the molecule is CC(C)NCC(O)CN1C(=O)C2C3c4ccccc4C(Br)(c4ccccc43)C2C1=O. The Morgan fingerprint density at radius 2 is 1.60 bits per heavy atom. The Balaban J connectivity index is 1.58. The lowest BCUT2D eigenvalue weighted by Crippen LogP contribution is -2.50. The highest BCUT2D eigenvalue weighted by Gasteiger charge is 2.67. The number of nitrogens with zero attached hydrogens (tertiary/aromatic N) is 1. The second-order valence-electron chi connectivity index (χ2n) is 8.87. The molecule has 2 amide bonds. The van der Waals surface area contributed by atoms with Crippen molar-refractivity contribution in [3.05, 3.63) is 70.8 Å². The lowest BCUT2D eigenvalue weighted by Gasteiger charge is -2.51. The molecule has 2 bridgehead atoms. The Hall–Kier alpha value is -2.02. The Morgan fingerprint density at radius 1 is 1.03 bits per heavy atom. The summed E-state index contributed by atoms with van der Waals surface area (Å²) in [5, 5.41) is 13.6. The van der Waals surface area contributed by atoms with Gasteiger partial charge in [-0.05, 0) is 22.3 Å². The van der Waals surface area contributed by atoms with E-state index in [1.54, 1.807) is 0 Å². The minimum atomic E-state index is -0.797. The van der Waals surface area contributed by atoms with Gasteiger partial charge in [0, 0.05) is 18.5 Å². The maximum Gasteiger partial charge on any atom is 0.235 e. The number of rotatable bonds is 5. The number of aliphatic hydroxyl groups is 1. The third-order valence-electron chi connectivity index (χ3n) is 6.76. The minimum absolute atomic E-state index is 0.0207. The average molecular weight is 469 g/mol. The van der Waals surface area contributed by atoms with Gasteiger partial charge in [0.1, 0.15) is 0 Å². The molecule has 30 heavy (non-hydrogen) atoms. The van der Waals surface area contributed by atoms with Gasteiger partial charge < -0.3 is 10.4 Å². The molecule has 156 valence electrons. The van der Waals surface area contributed by atoms with Crippen LogP contribution in [0.3, 0.4) is 0 Å². The maximum absolute atomic E-state index is 13.6. The molecule has 3 aliphatic carbocycles. The van der Waals surface area contributed by atoms with Crippen LogP contribution in [0.25, 0.3) is 0 Å². The largest absolute Gasteiger partial charge is 0.390 e. The highest BCUT2D eigenvalue weighted by Crippen LogP contribution is 2.66. The Morgan fingerprint density at radius 3 is 2.17 bits per heavy atom. The van der Waals surface area contributed by atoms with E-state index >= 15 is 0 Å². The number of imide groups is 1. The number of aliphatic hydroxyl groups excluding tert-OH is 1. The predicted octanol–water partition coefficient (Wildman–Crippen LogP) is 2.74. The second kappa shape index (κ2) is 7.01. The summed E-state index contributed by atoms with van der Waals surface area (Å²) in [6, 6.07) is 16.4. The van der Waals surface area contributed by atoms with Gasteiger partial charge in [0.2, 0.25) is 11.8 Å². The molecule has 2 N–H and O–H groups in total. The summed E-state index contributed by atoms with van der Waals surface area (Å²) >= 11 is 3.97. The first kappa shape index (κ1) is 19.9. The van der Waals surface area contributed by atoms with E-state index in [9.17, 15) is 14.7 Å². The summed E-state index contributed by atoms with van der Waals surface area (Å²) < 4.78 is -0.734. The summed E-state index contributed by atoms with van der Waals surface area (Å²) in [4.78, 5) is 28.4. The predicted molar refractivity (Wildman–Crippen MR) is 117 cm³/mol. The fraction of sp³-hybridized carbons (Fsp3) is 0.417. The van der Waals surface area contributed by atoms with Gasteiger partial charge in [-0.15, -0.1) is 0 Å². The molecule has 3 atom stereocenters. The highest BCUT2D eigenvalue weighted by atomic mass is 79.9. The van der Waals surface area contributed by atoms with Gasteiger partial charge in [0.25, 0.3) is 0 Å². The van der Waals surface area contributed by atoms with Crippen molar-refractivity contribution < 1.29 is 14.7 Å². The van der Waals surface area contributed by atoms with Crippen molar-refractivity contribution in [2.45, 2.75) is 36.2 Å². The maximum atomic E-state index is 13.6. The summed E-state index contributed by atoms with van der Waals surface area (Å²) in [6.07, 6.45) is -0.797. The van der Waals surface area contributed by atoms with Crippen molar-refractivity contribution in [1.29, 1.82) is 0 Å². The molecule has 0 radical (unpaired) electrons. The summed E-state index contributed by atoms with van der Waals surface area (Å²) in [7, 11) is 0. The molecule has 5 nitrogen and oxygen atoms in total. The number of hydrogen-bond donors (Lipinski definition) is 2. The zero-order chi connectivity index (χ0) is 21.2. The molecule has 1 aliphatic heterocycles. The van der Waals surface area contributed by atoms with E-state index in [-0.39, 0.29) is 30.3 Å². The number of carbonyl (C=O) groups excluding carboxylic acids is 2. The molecule has 1 heterocycles. The Kier molecular flexibility index (Phi) is 4.65. The smallest absolute Gasteiger partial charge is 0.235 e. The highest BCUT2D eigenvalue weighted by molar-refractivity contribution is 9.09. The van der Waals surface area contributed by atoms with Crippen LogP contribution < -0.4 is 5.32 Å². The normalized spacial score (nSPS) is 29.8. The molecule has 0 aromatic heterocycles. The fourth-order valence-corrected chi connectivity index (χ4v) is 6.77. The average Bonchev–Trinajstić information content (AvgIpc) is 2.99. The first-order valence-corrected chi connectivity index (χ1v) is 11.3. The Bertz CT molecular complexity index is 989. The van der Waals surface area contributed by atoms with E-state index in [2.05, 4.69) is 45.5 Å². The summed E-state index contributed by atoms with van der Waals surface area (Å²) in [5.41, 5.74) is 4.36. The van der Waals surface area contributed by atoms with Gasteiger partial charge in [-0.3, -0.25) is 14.5 Å². The monoisotopic (exact) mass is 468 g/mol. The van der Waals surface area contributed by atoms with E-state index in [1.807, 2.05) is 38.1 Å². The number of β-amino-alcohol motifs (C(OH)–C–C–N with tert-alkyl or cyclic N) is 1. The van der Waals surface area contributed by atoms with Crippen molar-refractivity contribution in [3.63, 3.8) is 0 Å². The van der Waals surface area contributed by atoms with Gasteiger partial charge in [-0.1, -0.05) is 78.3 Å². The van der Waals surface area contributed by atoms with E-state index in [0.717, 1.165) is 22.3 Å². The molecule has 6 heteroatoms. The van der Waals surface area contributed by atoms with E-state index in [0.29, 0.717) is 6.54 Å². The van der Waals surface area contributed by atoms with Crippen LogP contribution in [0.1, 0.15) is 42.0 Å². The van der Waals surface area contributed by atoms with Gasteiger partial charge in [0.15, 0.2) is 0 Å². The van der Waals surface area contributed by atoms with Gasteiger partial charge >= 0.3 is 0 Å². The van der Waals surface area contributed by atoms with Crippen LogP contribution in [0.5, 0.6) is 0 Å². The van der Waals surface area contributed by atoms with Crippen LogP contribution in [0, 0.1) is 11.8 Å². The number of amides is 2. The number of hydrogen-bond acceptors (Lipinski definition) is 4. The van der Waals surface area contributed by atoms with Crippen LogP contribution in [0.4, 0.5) is 0 Å². The van der Waals surface area contributed by atoms with Gasteiger partial charge in [-0.25, -0.2) is 0 Å². The zero-order valence-corrected chi connectivity index (χ0v) is 18.6. The van der Waals surface area contributed by atoms with Gasteiger partial charge in [0.05, 0.1) is 28.8 Å². The lowest BCUT2D eigenvalue weighted by molar-refractivity contribution is -0.141. The van der Waals surface area contributed by atoms with Crippen LogP contribution in [-0.4, -0.2) is 47.1 Å². The van der Waals surface area contributed by atoms with Crippen LogP contribution in [-0.2, 0) is 13.9 Å². The number of likely N-dealkylation sites (tertiary alicyclic amines) is 1. The number of benzene rings is 2. The number of halogens is 1. The first-order valence-electron chi connectivity index (χ1n) is 10.5. The number of carbonyl (C=O) groups is 2. The fourth-order valence-electron chi connectivity index (χ4n) is 5.57. The second-order valence-corrected chi connectivity index (χ2v) is 10.1. The summed E-state index contributed by atoms with van der Waals surface area (Å²) in [5.74, 6) is -1.47. The number of nitrogens with one attached hydrogen (secondary N) is 1. The van der Waals surface area contributed by atoms with Crippen LogP contribution in [0.15, 0.2) is 48.5 Å². The molecule has 1 fully saturated rings. The quantitative estimate of drug-likeness (QED) is 0.522. The van der Waals surface area contributed by atoms with Crippen molar-refractivity contribution in [2.24, 2.45) is 11.8 Å². The lowest BCUT2D eigenvalue weighted by atomic mass is 9.55. The van der Waals surface area contributed by atoms with Gasteiger partial charge in [-0.2, -0.15) is 0 Å². The van der Waals surface area contributed by atoms with Crippen molar-refractivity contribution in [2.75, 3.05) is 13.1 Å².